The average molecular weight is 677 g/mol. The first kappa shape index (κ1) is 26.7. The molecule has 1 atom stereocenters. The van der Waals surface area contributed by atoms with Gasteiger partial charge in [0.15, 0.2) is 8.07 Å². The summed E-state index contributed by atoms with van der Waals surface area (Å²) in [5.41, 5.74) is 5.14. The lowest BCUT2D eigenvalue weighted by Crippen LogP contribution is -2.75. The first-order valence-electron chi connectivity index (χ1n) is 18.8. The molecule has 1 aliphatic heterocycles. The fourth-order valence-electron chi connectivity index (χ4n) is 8.39. The number of benzene rings is 7. The van der Waals surface area contributed by atoms with Gasteiger partial charge in [-0.25, -0.2) is 4.98 Å². The maximum absolute atomic E-state index is 8.96. The normalized spacial score (nSPS) is 16.6. The summed E-state index contributed by atoms with van der Waals surface area (Å²) in [6.45, 7) is -0.506. The number of rotatable bonds is 5. The fraction of sp³-hybridized carbons (Fsp3) is 0.0652. The predicted octanol–water partition coefficient (Wildman–Crippen LogP) is 8.24. The van der Waals surface area contributed by atoms with E-state index < -0.39 is 20.3 Å². The molecule has 9 aromatic rings. The topological polar surface area (TPSA) is 31.5 Å². The summed E-state index contributed by atoms with van der Waals surface area (Å²) >= 11 is 0. The zero-order valence-electron chi connectivity index (χ0n) is 31.0. The van der Waals surface area contributed by atoms with E-state index in [0.29, 0.717) is 22.6 Å². The number of hydrogen-bond donors (Lipinski definition) is 0. The van der Waals surface area contributed by atoms with Crippen molar-refractivity contribution in [1.29, 1.82) is 0 Å². The van der Waals surface area contributed by atoms with E-state index in [9.17, 15) is 0 Å². The van der Waals surface area contributed by atoms with Gasteiger partial charge in [0.2, 0.25) is 5.78 Å². The molecule has 0 saturated heterocycles. The number of para-hydroxylation sites is 6. The van der Waals surface area contributed by atoms with Gasteiger partial charge in [-0.2, -0.15) is 0 Å². The van der Waals surface area contributed by atoms with Crippen LogP contribution in [0.3, 0.4) is 0 Å². The van der Waals surface area contributed by atoms with Gasteiger partial charge in [0.1, 0.15) is 11.5 Å². The third kappa shape index (κ3) is 4.22. The predicted molar refractivity (Wildman–Crippen MR) is 212 cm³/mol. The molecular formula is C46H35N3OSi. The quantitative estimate of drug-likeness (QED) is 0.136. The minimum atomic E-state index is -3.28. The molecule has 5 heteroatoms. The minimum Gasteiger partial charge on any atom is -0.457 e. The standard InChI is InChI=1S/C46H35N3OSi/c1-46(2)36-23-9-14-29-42(36)50-44-37(46)24-16-30-43(44)51(33-18-5-3-6-19-33,34-20-7-4-8-21-34)35-22-15-17-32(31-35)48-40-27-12-13-28-41(40)49-39-26-11-10-25-38(39)47-45(48)49/h3-31H,1-2H3/i1D3. The lowest BCUT2D eigenvalue weighted by Gasteiger charge is -2.40. The average Bonchev–Trinajstić information content (AvgIpc) is 3.74. The van der Waals surface area contributed by atoms with Gasteiger partial charge in [-0.15, -0.1) is 0 Å². The molecule has 0 aliphatic carbocycles. The highest BCUT2D eigenvalue weighted by Crippen LogP contribution is 2.47. The van der Waals surface area contributed by atoms with Crippen LogP contribution in [0.4, 0.5) is 0 Å². The van der Waals surface area contributed by atoms with Gasteiger partial charge >= 0.3 is 0 Å². The van der Waals surface area contributed by atoms with Crippen LogP contribution >= 0.6 is 0 Å². The molecule has 2 aromatic heterocycles. The van der Waals surface area contributed by atoms with Crippen molar-refractivity contribution in [3.8, 4) is 17.2 Å². The SMILES string of the molecule is [2H]C([2H])([2H])C1(C)c2ccccc2Oc2c1cccc2[Si](c1ccccc1)(c1ccccc1)c1cccc(-n2c3ccccc3n3c4ccccc4nc23)c1. The van der Waals surface area contributed by atoms with E-state index in [2.05, 4.69) is 142 Å². The van der Waals surface area contributed by atoms with Crippen LogP contribution in [-0.2, 0) is 5.41 Å². The van der Waals surface area contributed by atoms with Crippen LogP contribution < -0.4 is 25.5 Å². The van der Waals surface area contributed by atoms with E-state index in [4.69, 9.17) is 13.8 Å². The highest BCUT2D eigenvalue weighted by molar-refractivity contribution is 7.20. The van der Waals surface area contributed by atoms with Gasteiger partial charge < -0.3 is 4.74 Å². The van der Waals surface area contributed by atoms with Crippen molar-refractivity contribution in [2.75, 3.05) is 0 Å². The van der Waals surface area contributed by atoms with E-state index >= 15 is 0 Å². The largest absolute Gasteiger partial charge is 0.457 e. The van der Waals surface area contributed by atoms with Crippen LogP contribution in [0.15, 0.2) is 176 Å². The van der Waals surface area contributed by atoms with E-state index in [-0.39, 0.29) is 0 Å². The van der Waals surface area contributed by atoms with Gasteiger partial charge in [-0.1, -0.05) is 147 Å². The number of aromatic nitrogens is 3. The third-order valence-corrected chi connectivity index (χ3v) is 15.4. The van der Waals surface area contributed by atoms with Gasteiger partial charge in [0.25, 0.3) is 0 Å². The molecule has 0 bridgehead atoms. The van der Waals surface area contributed by atoms with Crippen molar-refractivity contribution in [2.24, 2.45) is 0 Å². The van der Waals surface area contributed by atoms with E-state index in [1.165, 1.54) is 0 Å². The Bertz CT molecular complexity index is 2840. The van der Waals surface area contributed by atoms with E-state index in [1.54, 1.807) is 0 Å². The van der Waals surface area contributed by atoms with Gasteiger partial charge in [0, 0.05) is 26.3 Å². The molecule has 0 N–H and O–H groups in total. The van der Waals surface area contributed by atoms with Crippen LogP contribution in [0.1, 0.15) is 29.0 Å². The lowest BCUT2D eigenvalue weighted by molar-refractivity contribution is 0.421. The second-order valence-corrected chi connectivity index (χ2v) is 17.3. The molecule has 7 aromatic carbocycles. The maximum Gasteiger partial charge on any atom is 0.220 e. The third-order valence-electron chi connectivity index (χ3n) is 10.7. The summed E-state index contributed by atoms with van der Waals surface area (Å²) in [5.74, 6) is 2.03. The molecule has 1 aliphatic rings. The van der Waals surface area contributed by atoms with Crippen molar-refractivity contribution in [1.82, 2.24) is 14.0 Å². The molecule has 0 amide bonds. The molecule has 0 spiro atoms. The Kier molecular flexibility index (Phi) is 5.84. The summed E-state index contributed by atoms with van der Waals surface area (Å²) in [4.78, 5) is 5.18. The van der Waals surface area contributed by atoms with Crippen LogP contribution in [0.2, 0.25) is 0 Å². The smallest absolute Gasteiger partial charge is 0.220 e. The van der Waals surface area contributed by atoms with Crippen molar-refractivity contribution < 1.29 is 8.85 Å². The summed E-state index contributed by atoms with van der Waals surface area (Å²) < 4.78 is 38.4. The molecule has 51 heavy (non-hydrogen) atoms. The van der Waals surface area contributed by atoms with E-state index in [0.717, 1.165) is 54.3 Å². The molecule has 3 heterocycles. The Morgan fingerprint density at radius 1 is 0.588 bits per heavy atom. The highest BCUT2D eigenvalue weighted by atomic mass is 28.3. The fourth-order valence-corrected chi connectivity index (χ4v) is 13.3. The Hall–Kier alpha value is -6.17. The first-order valence-corrected chi connectivity index (χ1v) is 19.3. The number of ether oxygens (including phenoxy) is 1. The highest BCUT2D eigenvalue weighted by Gasteiger charge is 2.46. The number of imidazole rings is 2. The number of fused-ring (bicyclic) bond motifs is 7. The Labute approximate surface area is 302 Å². The first-order chi connectivity index (χ1) is 26.3. The molecule has 10 rings (SSSR count). The summed E-state index contributed by atoms with van der Waals surface area (Å²) in [7, 11) is -3.28. The second-order valence-electron chi connectivity index (χ2n) is 13.5. The molecule has 0 saturated carbocycles. The van der Waals surface area contributed by atoms with Crippen molar-refractivity contribution in [3.05, 3.63) is 187 Å². The zero-order valence-corrected chi connectivity index (χ0v) is 29.0. The Morgan fingerprint density at radius 3 is 1.96 bits per heavy atom. The van der Waals surface area contributed by atoms with Gasteiger partial charge in [-0.05, 0) is 63.2 Å². The van der Waals surface area contributed by atoms with Crippen molar-refractivity contribution >= 4 is 56.7 Å². The van der Waals surface area contributed by atoms with E-state index in [1.807, 2.05) is 49.4 Å². The monoisotopic (exact) mass is 676 g/mol. The maximum atomic E-state index is 8.96. The van der Waals surface area contributed by atoms with Gasteiger partial charge in [-0.3, -0.25) is 8.97 Å². The van der Waals surface area contributed by atoms with Crippen LogP contribution in [-0.4, -0.2) is 22.0 Å². The van der Waals surface area contributed by atoms with Crippen LogP contribution in [0.25, 0.3) is 33.5 Å². The molecule has 0 radical (unpaired) electrons. The molecular weight excluding hydrogens is 639 g/mol. The number of hydrogen-bond acceptors (Lipinski definition) is 2. The Balaban J connectivity index is 1.32. The van der Waals surface area contributed by atoms with Crippen LogP contribution in [0, 0.1) is 0 Å². The van der Waals surface area contributed by atoms with Crippen molar-refractivity contribution in [3.63, 3.8) is 0 Å². The van der Waals surface area contributed by atoms with Crippen LogP contribution in [0.5, 0.6) is 11.5 Å². The molecule has 244 valence electrons. The molecule has 0 fully saturated rings. The number of nitrogens with zero attached hydrogens (tertiary/aromatic N) is 3. The summed E-state index contributed by atoms with van der Waals surface area (Å²) in [5, 5.41) is 4.45. The van der Waals surface area contributed by atoms with Crippen molar-refractivity contribution in [2.45, 2.75) is 19.2 Å². The lowest BCUT2D eigenvalue weighted by atomic mass is 9.76. The molecule has 4 nitrogen and oxygen atoms in total. The Morgan fingerprint density at radius 2 is 1.20 bits per heavy atom. The summed E-state index contributed by atoms with van der Waals surface area (Å²) in [6, 6.07) is 60.6. The molecule has 1 unspecified atom stereocenters. The second kappa shape index (κ2) is 11.2. The van der Waals surface area contributed by atoms with Gasteiger partial charge in [0.05, 0.1) is 22.1 Å². The summed E-state index contributed by atoms with van der Waals surface area (Å²) in [6.07, 6.45) is 0. The zero-order chi connectivity index (χ0) is 36.7. The minimum absolute atomic E-state index is 0.571.